The minimum absolute atomic E-state index is 0.607. The third-order valence-electron chi connectivity index (χ3n) is 5.32. The van der Waals surface area contributed by atoms with Crippen LogP contribution in [0.25, 0.3) is 0 Å². The van der Waals surface area contributed by atoms with Crippen molar-refractivity contribution in [2.45, 2.75) is 68.1 Å². The van der Waals surface area contributed by atoms with E-state index in [4.69, 9.17) is 11.6 Å². The van der Waals surface area contributed by atoms with Gasteiger partial charge < -0.3 is 4.90 Å². The Morgan fingerprint density at radius 3 is 2.61 bits per heavy atom. The van der Waals surface area contributed by atoms with Crippen LogP contribution in [-0.4, -0.2) is 34.8 Å². The highest BCUT2D eigenvalue weighted by molar-refractivity contribution is 7.99. The number of rotatable bonds is 6. The van der Waals surface area contributed by atoms with Crippen LogP contribution in [0, 0.1) is 5.92 Å². The van der Waals surface area contributed by atoms with Gasteiger partial charge in [-0.3, -0.25) is 0 Å². The van der Waals surface area contributed by atoms with Crippen LogP contribution in [0.15, 0.2) is 23.2 Å². The molecule has 128 valence electrons. The van der Waals surface area contributed by atoms with Crippen LogP contribution < -0.4 is 0 Å². The molecule has 1 aromatic rings. The van der Waals surface area contributed by atoms with Crippen LogP contribution in [0.3, 0.4) is 0 Å². The van der Waals surface area contributed by atoms with E-state index >= 15 is 0 Å². The molecule has 0 bridgehead atoms. The quantitative estimate of drug-likeness (QED) is 0.615. The first-order valence-electron chi connectivity index (χ1n) is 9.31. The molecule has 1 saturated heterocycles. The van der Waals surface area contributed by atoms with Crippen LogP contribution in [0.4, 0.5) is 0 Å². The Labute approximate surface area is 150 Å². The summed E-state index contributed by atoms with van der Waals surface area (Å²) in [4.78, 5) is 7.07. The summed E-state index contributed by atoms with van der Waals surface area (Å²) >= 11 is 7.88. The topological polar surface area (TPSA) is 16.1 Å². The Morgan fingerprint density at radius 2 is 1.87 bits per heavy atom. The molecule has 0 aromatic carbocycles. The molecule has 1 saturated carbocycles. The SMILES string of the molecule is Clc1cccc(SC2CCN(CCCC3CCCCC3)CC2)n1. The lowest BCUT2D eigenvalue weighted by Gasteiger charge is -2.32. The maximum absolute atomic E-state index is 5.97. The first-order valence-corrected chi connectivity index (χ1v) is 10.6. The normalized spacial score (nSPS) is 21.6. The van der Waals surface area contributed by atoms with Crippen LogP contribution >= 0.6 is 23.4 Å². The average molecular weight is 353 g/mol. The molecule has 0 spiro atoms. The molecular weight excluding hydrogens is 324 g/mol. The molecule has 2 aliphatic rings. The molecule has 1 aromatic heterocycles. The first-order chi connectivity index (χ1) is 11.3. The lowest BCUT2D eigenvalue weighted by atomic mass is 9.86. The van der Waals surface area contributed by atoms with E-state index in [9.17, 15) is 0 Å². The molecule has 0 atom stereocenters. The van der Waals surface area contributed by atoms with Crippen molar-refractivity contribution >= 4 is 23.4 Å². The number of halogens is 1. The van der Waals surface area contributed by atoms with Crippen LogP contribution in [-0.2, 0) is 0 Å². The molecule has 0 N–H and O–H groups in total. The lowest BCUT2D eigenvalue weighted by molar-refractivity contribution is 0.217. The average Bonchev–Trinajstić information content (AvgIpc) is 2.58. The number of pyridine rings is 1. The maximum atomic E-state index is 5.97. The highest BCUT2D eigenvalue weighted by atomic mass is 35.5. The number of thioether (sulfide) groups is 1. The van der Waals surface area contributed by atoms with Gasteiger partial charge in [-0.25, -0.2) is 4.98 Å². The predicted octanol–water partition coefficient (Wildman–Crippen LogP) is 5.65. The highest BCUT2D eigenvalue weighted by Gasteiger charge is 2.21. The molecule has 23 heavy (non-hydrogen) atoms. The molecule has 2 heterocycles. The molecule has 1 aliphatic carbocycles. The van der Waals surface area contributed by atoms with Crippen molar-refractivity contribution in [3.05, 3.63) is 23.4 Å². The van der Waals surface area contributed by atoms with E-state index in [0.29, 0.717) is 10.4 Å². The molecule has 2 fully saturated rings. The van der Waals surface area contributed by atoms with E-state index in [1.165, 1.54) is 77.4 Å². The van der Waals surface area contributed by atoms with Gasteiger partial charge in [0.2, 0.25) is 0 Å². The van der Waals surface area contributed by atoms with E-state index in [-0.39, 0.29) is 0 Å². The van der Waals surface area contributed by atoms with E-state index < -0.39 is 0 Å². The standard InChI is InChI=1S/C19H29ClN2S/c20-18-9-4-10-19(21-18)23-17-11-14-22(15-12-17)13-5-8-16-6-2-1-3-7-16/h4,9-10,16-17H,1-3,5-8,11-15H2. The fraction of sp³-hybridized carbons (Fsp3) is 0.737. The lowest BCUT2D eigenvalue weighted by Crippen LogP contribution is -2.35. The molecule has 4 heteroatoms. The van der Waals surface area contributed by atoms with E-state index in [2.05, 4.69) is 16.0 Å². The van der Waals surface area contributed by atoms with E-state index in [1.54, 1.807) is 0 Å². The smallest absolute Gasteiger partial charge is 0.130 e. The fourth-order valence-electron chi connectivity index (χ4n) is 3.96. The molecule has 3 rings (SSSR count). The monoisotopic (exact) mass is 352 g/mol. The van der Waals surface area contributed by atoms with Crippen molar-refractivity contribution in [1.29, 1.82) is 0 Å². The summed E-state index contributed by atoms with van der Waals surface area (Å²) in [6.45, 7) is 3.81. The Balaban J connectivity index is 1.32. The van der Waals surface area contributed by atoms with Gasteiger partial charge in [-0.05, 0) is 63.4 Å². The van der Waals surface area contributed by atoms with Crippen molar-refractivity contribution in [3.8, 4) is 0 Å². The van der Waals surface area contributed by atoms with Gasteiger partial charge in [0.05, 0.1) is 5.03 Å². The third-order valence-corrected chi connectivity index (χ3v) is 6.81. The molecule has 0 radical (unpaired) electrons. The van der Waals surface area contributed by atoms with E-state index in [1.807, 2.05) is 23.9 Å². The molecule has 0 unspecified atom stereocenters. The van der Waals surface area contributed by atoms with E-state index in [0.717, 1.165) is 10.9 Å². The number of hydrogen-bond donors (Lipinski definition) is 0. The number of hydrogen-bond acceptors (Lipinski definition) is 3. The van der Waals surface area contributed by atoms with Crippen LogP contribution in [0.1, 0.15) is 57.8 Å². The van der Waals surface area contributed by atoms with Gasteiger partial charge in [0.25, 0.3) is 0 Å². The third kappa shape index (κ3) is 5.95. The first kappa shape index (κ1) is 17.6. The van der Waals surface area contributed by atoms with Gasteiger partial charge in [0, 0.05) is 5.25 Å². The summed E-state index contributed by atoms with van der Waals surface area (Å²) in [6, 6.07) is 5.92. The largest absolute Gasteiger partial charge is 0.303 e. The summed E-state index contributed by atoms with van der Waals surface area (Å²) < 4.78 is 0. The Hall–Kier alpha value is -0.250. The number of piperidine rings is 1. The van der Waals surface area contributed by atoms with Crippen molar-refractivity contribution in [1.82, 2.24) is 9.88 Å². The number of likely N-dealkylation sites (tertiary alicyclic amines) is 1. The van der Waals surface area contributed by atoms with Gasteiger partial charge in [0.1, 0.15) is 5.15 Å². The van der Waals surface area contributed by atoms with Crippen molar-refractivity contribution in [2.75, 3.05) is 19.6 Å². The van der Waals surface area contributed by atoms with Gasteiger partial charge in [-0.2, -0.15) is 0 Å². The maximum Gasteiger partial charge on any atom is 0.130 e. The second kappa shape index (κ2) is 9.29. The minimum Gasteiger partial charge on any atom is -0.303 e. The summed E-state index contributed by atoms with van der Waals surface area (Å²) in [5.41, 5.74) is 0. The summed E-state index contributed by atoms with van der Waals surface area (Å²) in [7, 11) is 0. The van der Waals surface area contributed by atoms with Crippen molar-refractivity contribution in [3.63, 3.8) is 0 Å². The summed E-state index contributed by atoms with van der Waals surface area (Å²) in [5.74, 6) is 1.03. The van der Waals surface area contributed by atoms with Gasteiger partial charge in [0.15, 0.2) is 0 Å². The zero-order chi connectivity index (χ0) is 15.9. The second-order valence-electron chi connectivity index (χ2n) is 7.10. The van der Waals surface area contributed by atoms with Gasteiger partial charge >= 0.3 is 0 Å². The second-order valence-corrected chi connectivity index (χ2v) is 8.81. The zero-order valence-corrected chi connectivity index (χ0v) is 15.6. The fourth-order valence-corrected chi connectivity index (χ4v) is 5.27. The van der Waals surface area contributed by atoms with Crippen LogP contribution in [0.2, 0.25) is 5.15 Å². The minimum atomic E-state index is 0.607. The molecule has 0 amide bonds. The molecule has 1 aliphatic heterocycles. The number of nitrogens with zero attached hydrogens (tertiary/aromatic N) is 2. The molecular formula is C19H29ClN2S. The van der Waals surface area contributed by atoms with Crippen molar-refractivity contribution in [2.24, 2.45) is 5.92 Å². The van der Waals surface area contributed by atoms with Gasteiger partial charge in [-0.1, -0.05) is 49.8 Å². The van der Waals surface area contributed by atoms with Gasteiger partial charge in [-0.15, -0.1) is 11.8 Å². The van der Waals surface area contributed by atoms with Crippen molar-refractivity contribution < 1.29 is 0 Å². The highest BCUT2D eigenvalue weighted by Crippen LogP contribution is 2.30. The summed E-state index contributed by atoms with van der Waals surface area (Å²) in [5, 5.41) is 2.39. The Morgan fingerprint density at radius 1 is 1.09 bits per heavy atom. The molecule has 2 nitrogen and oxygen atoms in total. The number of aromatic nitrogens is 1. The summed E-state index contributed by atoms with van der Waals surface area (Å²) in [6.07, 6.45) is 12.8. The Bertz CT molecular complexity index is 468. The van der Waals surface area contributed by atoms with Crippen LogP contribution in [0.5, 0.6) is 0 Å². The zero-order valence-electron chi connectivity index (χ0n) is 14.1. The Kier molecular flexibility index (Phi) is 7.10. The predicted molar refractivity (Wildman–Crippen MR) is 100 cm³/mol.